The molecule has 0 saturated carbocycles. The molecule has 0 bridgehead atoms. The van der Waals surface area contributed by atoms with Crippen LogP contribution in [0.15, 0.2) is 151 Å². The molecule has 0 unspecified atom stereocenters. The number of aliphatic imine (C=N–C) groups is 1. The van der Waals surface area contributed by atoms with Crippen LogP contribution in [0.3, 0.4) is 0 Å². The molecule has 0 amide bonds. The lowest BCUT2D eigenvalue weighted by Gasteiger charge is -2.27. The number of nitrogens with zero attached hydrogens (tertiary/aromatic N) is 1. The number of ether oxygens (including phenoxy) is 1. The summed E-state index contributed by atoms with van der Waals surface area (Å²) in [6, 6.07) is 48.2. The van der Waals surface area contributed by atoms with Gasteiger partial charge < -0.3 is 4.74 Å². The largest absolute Gasteiger partial charge is 0.478 e. The Morgan fingerprint density at radius 1 is 0.605 bits per heavy atom. The van der Waals surface area contributed by atoms with Gasteiger partial charge in [-0.25, -0.2) is 4.99 Å². The summed E-state index contributed by atoms with van der Waals surface area (Å²) in [4.78, 5) is 5.24. The molecule has 4 heteroatoms. The van der Waals surface area contributed by atoms with Crippen LogP contribution in [0.2, 0.25) is 0 Å². The van der Waals surface area contributed by atoms with E-state index in [1.807, 2.05) is 12.1 Å². The Bertz CT molecular complexity index is 1500. The zero-order valence-corrected chi connectivity index (χ0v) is 22.6. The van der Waals surface area contributed by atoms with E-state index >= 15 is 0 Å². The van der Waals surface area contributed by atoms with Gasteiger partial charge in [-0.15, -0.1) is 0 Å². The molecule has 0 radical (unpaired) electrons. The summed E-state index contributed by atoms with van der Waals surface area (Å²) in [5.74, 6) is 0.704. The maximum absolute atomic E-state index is 6.68. The van der Waals surface area contributed by atoms with Crippen molar-refractivity contribution in [2.45, 2.75) is 12.0 Å². The minimum Gasteiger partial charge on any atom is -0.478 e. The summed E-state index contributed by atoms with van der Waals surface area (Å²) in [6.45, 7) is 0.501. The molecule has 2 nitrogen and oxygen atoms in total. The van der Waals surface area contributed by atoms with Crippen LogP contribution in [0.4, 0.5) is 0 Å². The van der Waals surface area contributed by atoms with Gasteiger partial charge in [-0.05, 0) is 32.6 Å². The van der Waals surface area contributed by atoms with Crippen molar-refractivity contribution >= 4 is 39.7 Å². The van der Waals surface area contributed by atoms with Crippen molar-refractivity contribution in [3.05, 3.63) is 162 Å². The average molecular weight is 530 g/mol. The lowest BCUT2D eigenvalue weighted by Crippen LogP contribution is -2.28. The lowest BCUT2D eigenvalue weighted by atomic mass is 9.91. The molecule has 5 aromatic rings. The first-order chi connectivity index (χ1) is 18.7. The molecule has 6 rings (SSSR count). The van der Waals surface area contributed by atoms with Crippen LogP contribution in [0.25, 0.3) is 0 Å². The Hall–Kier alpha value is -3.78. The second-order valence-electron chi connectivity index (χ2n) is 9.39. The van der Waals surface area contributed by atoms with E-state index in [1.54, 1.807) is 0 Å². The second kappa shape index (κ2) is 10.9. The number of hydrogen-bond acceptors (Lipinski definition) is 3. The van der Waals surface area contributed by atoms with Crippen LogP contribution in [-0.4, -0.2) is 12.5 Å². The summed E-state index contributed by atoms with van der Waals surface area (Å²) >= 11 is 6.68. The quantitative estimate of drug-likeness (QED) is 0.218. The van der Waals surface area contributed by atoms with Gasteiger partial charge in [-0.2, -0.15) is 0 Å². The molecular formula is C34H28NOPS. The molecule has 0 saturated heterocycles. The minimum absolute atomic E-state index is 0.0548. The van der Waals surface area contributed by atoms with E-state index in [-0.39, 0.29) is 12.0 Å². The summed E-state index contributed by atoms with van der Waals surface area (Å²) in [7, 11) is 0. The van der Waals surface area contributed by atoms with Gasteiger partial charge in [0.2, 0.25) is 0 Å². The van der Waals surface area contributed by atoms with E-state index in [9.17, 15) is 0 Å². The van der Waals surface area contributed by atoms with Crippen LogP contribution < -0.4 is 15.9 Å². The lowest BCUT2D eigenvalue weighted by molar-refractivity contribution is 0.310. The van der Waals surface area contributed by atoms with Crippen LogP contribution in [0.5, 0.6) is 0 Å². The molecule has 0 N–H and O–H groups in total. The van der Waals surface area contributed by atoms with Crippen LogP contribution in [0, 0.1) is 0 Å². The first-order valence-corrected chi connectivity index (χ1v) is 15.7. The van der Waals surface area contributed by atoms with Gasteiger partial charge in [0.25, 0.3) is 0 Å². The molecule has 1 aliphatic rings. The topological polar surface area (TPSA) is 21.6 Å². The molecule has 38 heavy (non-hydrogen) atoms. The molecule has 1 heterocycles. The van der Waals surface area contributed by atoms with Crippen molar-refractivity contribution in [3.63, 3.8) is 0 Å². The molecular weight excluding hydrogens is 501 g/mol. The van der Waals surface area contributed by atoms with Crippen LogP contribution in [0.1, 0.15) is 28.7 Å². The Morgan fingerprint density at radius 3 is 1.58 bits per heavy atom. The summed E-state index contributed by atoms with van der Waals surface area (Å²) in [6.07, 6.45) is 0. The molecule has 0 fully saturated rings. The fourth-order valence-electron chi connectivity index (χ4n) is 5.24. The van der Waals surface area contributed by atoms with Crippen molar-refractivity contribution in [3.8, 4) is 0 Å². The Morgan fingerprint density at radius 2 is 1.05 bits per heavy atom. The van der Waals surface area contributed by atoms with Crippen LogP contribution in [-0.2, 0) is 16.5 Å². The third kappa shape index (κ3) is 4.65. The number of rotatable bonds is 7. The monoisotopic (exact) mass is 529 g/mol. The number of hydrogen-bond donors (Lipinski definition) is 0. The van der Waals surface area contributed by atoms with Crippen LogP contribution >= 0.6 is 6.04 Å². The minimum atomic E-state index is -2.32. The molecule has 1 aliphatic heterocycles. The third-order valence-electron chi connectivity index (χ3n) is 7.06. The van der Waals surface area contributed by atoms with Gasteiger partial charge in [0.05, 0.1) is 5.92 Å². The van der Waals surface area contributed by atoms with Crippen molar-refractivity contribution in [2.75, 3.05) is 6.61 Å². The van der Waals surface area contributed by atoms with E-state index in [1.165, 1.54) is 27.0 Å². The molecule has 186 valence electrons. The highest BCUT2D eigenvalue weighted by Crippen LogP contribution is 2.45. The first-order valence-electron chi connectivity index (χ1n) is 12.9. The Labute approximate surface area is 229 Å². The maximum Gasteiger partial charge on any atom is 0.196 e. The second-order valence-corrected chi connectivity index (χ2v) is 13.8. The standard InChI is InChI=1S/C34H28NOPS/c38-37(28-19-9-3-10-20-28,29-21-11-4-12-22-29)32-24-14-13-23-30(32)31-25-36-34(35-31)33(26-15-5-1-6-16-26)27-17-7-2-8-18-27/h1-24,31,33H,25H2/t31-/m1/s1. The predicted octanol–water partition coefficient (Wildman–Crippen LogP) is 6.74. The fourth-order valence-corrected chi connectivity index (χ4v) is 9.39. The van der Waals surface area contributed by atoms with E-state index in [4.69, 9.17) is 21.5 Å². The van der Waals surface area contributed by atoms with Crippen molar-refractivity contribution in [1.82, 2.24) is 0 Å². The Kier molecular flexibility index (Phi) is 7.05. The zero-order chi connectivity index (χ0) is 25.8. The zero-order valence-electron chi connectivity index (χ0n) is 20.9. The Balaban J connectivity index is 1.47. The molecule has 0 aromatic heterocycles. The van der Waals surface area contributed by atoms with Gasteiger partial charge in [-0.3, -0.25) is 0 Å². The highest BCUT2D eigenvalue weighted by molar-refractivity contribution is 8.25. The van der Waals surface area contributed by atoms with E-state index in [2.05, 4.69) is 133 Å². The predicted molar refractivity (Wildman–Crippen MR) is 163 cm³/mol. The highest BCUT2D eigenvalue weighted by atomic mass is 32.4. The van der Waals surface area contributed by atoms with Crippen molar-refractivity contribution in [1.29, 1.82) is 0 Å². The molecule has 1 atom stereocenters. The summed E-state index contributed by atoms with van der Waals surface area (Å²) in [5, 5.41) is 3.55. The molecule has 0 spiro atoms. The van der Waals surface area contributed by atoms with E-state index in [0.717, 1.165) is 11.5 Å². The fraction of sp³-hybridized carbons (Fsp3) is 0.0882. The molecule has 0 aliphatic carbocycles. The summed E-state index contributed by atoms with van der Waals surface area (Å²) < 4.78 is 6.40. The van der Waals surface area contributed by atoms with Gasteiger partial charge >= 0.3 is 0 Å². The van der Waals surface area contributed by atoms with E-state index in [0.29, 0.717) is 6.61 Å². The normalized spacial score (nSPS) is 15.2. The highest BCUT2D eigenvalue weighted by Gasteiger charge is 2.34. The van der Waals surface area contributed by atoms with Crippen molar-refractivity contribution in [2.24, 2.45) is 4.99 Å². The smallest absolute Gasteiger partial charge is 0.196 e. The average Bonchev–Trinajstić information content (AvgIpc) is 3.48. The van der Waals surface area contributed by atoms with E-state index < -0.39 is 6.04 Å². The first kappa shape index (κ1) is 24.6. The number of benzene rings is 5. The third-order valence-corrected chi connectivity index (χ3v) is 12.1. The SMILES string of the molecule is S=P(c1ccccc1)(c1ccccc1)c1ccccc1[C@H]1COC(C(c2ccccc2)c2ccccc2)=N1. The van der Waals surface area contributed by atoms with Crippen molar-refractivity contribution < 1.29 is 4.74 Å². The van der Waals surface area contributed by atoms with Gasteiger partial charge in [0.15, 0.2) is 5.90 Å². The molecule has 5 aromatic carbocycles. The summed E-state index contributed by atoms with van der Waals surface area (Å²) in [5.41, 5.74) is 3.49. The van der Waals surface area contributed by atoms with Gasteiger partial charge in [-0.1, -0.05) is 157 Å². The van der Waals surface area contributed by atoms with Gasteiger partial charge in [0.1, 0.15) is 12.6 Å². The van der Waals surface area contributed by atoms with Gasteiger partial charge in [0, 0.05) is 6.04 Å². The maximum atomic E-state index is 6.68.